The van der Waals surface area contributed by atoms with Gasteiger partial charge in [0.25, 0.3) is 5.91 Å². The van der Waals surface area contributed by atoms with E-state index in [1.54, 1.807) is 59.2 Å². The molecule has 2 N–H and O–H groups in total. The van der Waals surface area contributed by atoms with Gasteiger partial charge in [0, 0.05) is 6.54 Å². The van der Waals surface area contributed by atoms with Crippen molar-refractivity contribution in [3.63, 3.8) is 0 Å². The van der Waals surface area contributed by atoms with Gasteiger partial charge in [0.2, 0.25) is 5.91 Å². The lowest BCUT2D eigenvalue weighted by Crippen LogP contribution is -2.25. The number of nitrogens with zero attached hydrogens (tertiary/aromatic N) is 3. The molecule has 9 nitrogen and oxygen atoms in total. The Morgan fingerprint density at radius 2 is 1.82 bits per heavy atom. The van der Waals surface area contributed by atoms with Crippen molar-refractivity contribution in [3.05, 3.63) is 83.2 Å². The maximum atomic E-state index is 12.5. The van der Waals surface area contributed by atoms with Gasteiger partial charge in [-0.25, -0.2) is 4.79 Å². The topological polar surface area (TPSA) is 115 Å². The smallest absolute Gasteiger partial charge is 0.339 e. The quantitative estimate of drug-likeness (QED) is 0.249. The van der Waals surface area contributed by atoms with Crippen molar-refractivity contribution in [1.82, 2.24) is 20.1 Å². The van der Waals surface area contributed by atoms with E-state index in [2.05, 4.69) is 27.4 Å². The molecule has 0 aliphatic heterocycles. The van der Waals surface area contributed by atoms with E-state index >= 15 is 0 Å². The van der Waals surface area contributed by atoms with E-state index in [0.29, 0.717) is 33.8 Å². The van der Waals surface area contributed by atoms with Gasteiger partial charge in [-0.15, -0.1) is 16.8 Å². The predicted octanol–water partition coefficient (Wildman–Crippen LogP) is 3.56. The molecule has 0 bridgehead atoms. The Morgan fingerprint density at radius 1 is 1.12 bits per heavy atom. The van der Waals surface area contributed by atoms with Crippen molar-refractivity contribution in [2.75, 3.05) is 18.2 Å². The van der Waals surface area contributed by atoms with Crippen LogP contribution in [0.2, 0.25) is 5.02 Å². The molecule has 0 spiro atoms. The summed E-state index contributed by atoms with van der Waals surface area (Å²) in [6.07, 6.45) is 1.67. The summed E-state index contributed by atoms with van der Waals surface area (Å²) in [5, 5.41) is 14.6. The van der Waals surface area contributed by atoms with Crippen LogP contribution in [0.3, 0.4) is 0 Å². The molecule has 2 aromatic carbocycles. The summed E-state index contributed by atoms with van der Waals surface area (Å²) < 4.78 is 6.49. The van der Waals surface area contributed by atoms with Crippen LogP contribution >= 0.6 is 23.4 Å². The molecule has 1 heterocycles. The third kappa shape index (κ3) is 6.24. The summed E-state index contributed by atoms with van der Waals surface area (Å²) in [6, 6.07) is 13.3. The largest absolute Gasteiger partial charge is 0.465 e. The number of anilines is 1. The minimum absolute atomic E-state index is 0.0246. The first kappa shape index (κ1) is 25.0. The summed E-state index contributed by atoms with van der Waals surface area (Å²) in [5.41, 5.74) is 0.975. The van der Waals surface area contributed by atoms with Crippen molar-refractivity contribution in [2.45, 2.75) is 18.2 Å². The summed E-state index contributed by atoms with van der Waals surface area (Å²) in [4.78, 5) is 36.8. The Labute approximate surface area is 205 Å². The molecule has 176 valence electrons. The molecule has 0 fully saturated rings. The summed E-state index contributed by atoms with van der Waals surface area (Å²) in [7, 11) is 1.28. The van der Waals surface area contributed by atoms with Crippen LogP contribution in [0.25, 0.3) is 0 Å². The molecule has 0 saturated heterocycles. The molecule has 3 aromatic rings. The summed E-state index contributed by atoms with van der Waals surface area (Å²) in [6.45, 7) is 4.25. The average molecular weight is 500 g/mol. The van der Waals surface area contributed by atoms with Crippen LogP contribution in [-0.2, 0) is 22.6 Å². The Hall–Kier alpha value is -3.63. The van der Waals surface area contributed by atoms with Gasteiger partial charge in [-0.1, -0.05) is 53.7 Å². The molecular weight excluding hydrogens is 478 g/mol. The lowest BCUT2D eigenvalue weighted by Gasteiger charge is -2.10. The first-order chi connectivity index (χ1) is 16.4. The maximum absolute atomic E-state index is 12.5. The van der Waals surface area contributed by atoms with E-state index in [9.17, 15) is 14.4 Å². The maximum Gasteiger partial charge on any atom is 0.339 e. The molecule has 34 heavy (non-hydrogen) atoms. The van der Waals surface area contributed by atoms with Gasteiger partial charge >= 0.3 is 5.97 Å². The van der Waals surface area contributed by atoms with E-state index in [1.165, 1.54) is 18.9 Å². The Kier molecular flexibility index (Phi) is 8.83. The van der Waals surface area contributed by atoms with Crippen molar-refractivity contribution in [1.29, 1.82) is 0 Å². The van der Waals surface area contributed by atoms with Crippen LogP contribution in [0.15, 0.2) is 66.3 Å². The minimum Gasteiger partial charge on any atom is -0.465 e. The van der Waals surface area contributed by atoms with Crippen molar-refractivity contribution >= 4 is 46.8 Å². The monoisotopic (exact) mass is 499 g/mol. The number of carbonyl (C=O) groups is 3. The fourth-order valence-corrected chi connectivity index (χ4v) is 3.95. The van der Waals surface area contributed by atoms with Crippen LogP contribution in [0.4, 0.5) is 5.69 Å². The fraction of sp³-hybridized carbons (Fsp3) is 0.174. The lowest BCUT2D eigenvalue weighted by molar-refractivity contribution is -0.113. The SMILES string of the molecule is C=CCn1c(CNC(=O)c2ccccc2Cl)nnc1SCC(=O)Nc1ccccc1C(=O)OC. The highest BCUT2D eigenvalue weighted by Gasteiger charge is 2.17. The fourth-order valence-electron chi connectivity index (χ4n) is 2.97. The molecule has 11 heteroatoms. The standard InChI is InChI=1S/C23H22ClN5O4S/c1-3-12-29-19(13-25-21(31)15-8-4-6-10-17(15)24)27-28-23(29)34-14-20(30)26-18-11-7-5-9-16(18)22(32)33-2/h3-11H,1,12-14H2,2H3,(H,25,31)(H,26,30). The second-order valence-electron chi connectivity index (χ2n) is 6.83. The number of thioether (sulfide) groups is 1. The lowest BCUT2D eigenvalue weighted by atomic mass is 10.2. The highest BCUT2D eigenvalue weighted by atomic mass is 35.5. The molecule has 0 saturated carbocycles. The number of allylic oxidation sites excluding steroid dienone is 1. The third-order valence-corrected chi connectivity index (χ3v) is 5.87. The molecule has 0 atom stereocenters. The summed E-state index contributed by atoms with van der Waals surface area (Å²) >= 11 is 7.24. The number of ether oxygens (including phenoxy) is 1. The van der Waals surface area contributed by atoms with E-state index in [4.69, 9.17) is 16.3 Å². The number of amides is 2. The number of esters is 1. The van der Waals surface area contributed by atoms with Gasteiger partial charge in [-0.2, -0.15) is 0 Å². The number of carbonyl (C=O) groups excluding carboxylic acids is 3. The third-order valence-electron chi connectivity index (χ3n) is 4.57. The number of hydrogen-bond acceptors (Lipinski definition) is 7. The zero-order valence-electron chi connectivity index (χ0n) is 18.3. The number of benzene rings is 2. The first-order valence-corrected chi connectivity index (χ1v) is 11.5. The number of hydrogen-bond donors (Lipinski definition) is 2. The molecule has 0 radical (unpaired) electrons. The highest BCUT2D eigenvalue weighted by molar-refractivity contribution is 7.99. The molecule has 3 rings (SSSR count). The van der Waals surface area contributed by atoms with Gasteiger partial charge in [0.1, 0.15) is 0 Å². The summed E-state index contributed by atoms with van der Waals surface area (Å²) in [5.74, 6) is -0.687. The molecule has 0 aliphatic carbocycles. The second kappa shape index (κ2) is 12.0. The normalized spacial score (nSPS) is 10.4. The van der Waals surface area contributed by atoms with Crippen LogP contribution in [-0.4, -0.2) is 45.4 Å². The van der Waals surface area contributed by atoms with Gasteiger partial charge in [0.15, 0.2) is 11.0 Å². The van der Waals surface area contributed by atoms with Gasteiger partial charge in [0.05, 0.1) is 41.2 Å². The molecular formula is C23H22ClN5O4S. The van der Waals surface area contributed by atoms with Crippen LogP contribution < -0.4 is 10.6 Å². The van der Waals surface area contributed by atoms with Crippen molar-refractivity contribution in [3.8, 4) is 0 Å². The van der Waals surface area contributed by atoms with E-state index in [1.807, 2.05) is 0 Å². The second-order valence-corrected chi connectivity index (χ2v) is 8.18. The molecule has 0 aliphatic rings. The van der Waals surface area contributed by atoms with Crippen LogP contribution in [0.5, 0.6) is 0 Å². The Morgan fingerprint density at radius 3 is 2.53 bits per heavy atom. The van der Waals surface area contributed by atoms with Crippen molar-refractivity contribution < 1.29 is 19.1 Å². The number of rotatable bonds is 10. The first-order valence-electron chi connectivity index (χ1n) is 10.1. The number of methoxy groups -OCH3 is 1. The average Bonchev–Trinajstić information content (AvgIpc) is 3.23. The Balaban J connectivity index is 1.64. The van der Waals surface area contributed by atoms with Crippen LogP contribution in [0, 0.1) is 0 Å². The number of para-hydroxylation sites is 1. The van der Waals surface area contributed by atoms with Gasteiger partial charge in [-0.3, -0.25) is 9.59 Å². The highest BCUT2D eigenvalue weighted by Crippen LogP contribution is 2.20. The predicted molar refractivity (Wildman–Crippen MR) is 130 cm³/mol. The van der Waals surface area contributed by atoms with Gasteiger partial charge in [-0.05, 0) is 24.3 Å². The van der Waals surface area contributed by atoms with E-state index in [0.717, 1.165) is 0 Å². The minimum atomic E-state index is -0.544. The molecule has 1 aromatic heterocycles. The van der Waals surface area contributed by atoms with E-state index in [-0.39, 0.29) is 29.7 Å². The van der Waals surface area contributed by atoms with Crippen LogP contribution in [0.1, 0.15) is 26.5 Å². The van der Waals surface area contributed by atoms with E-state index < -0.39 is 5.97 Å². The molecule has 2 amide bonds. The number of nitrogens with one attached hydrogen (secondary N) is 2. The molecule has 0 unspecified atom stereocenters. The zero-order chi connectivity index (χ0) is 24.5. The zero-order valence-corrected chi connectivity index (χ0v) is 19.9. The van der Waals surface area contributed by atoms with Gasteiger partial charge < -0.3 is 19.9 Å². The van der Waals surface area contributed by atoms with Crippen molar-refractivity contribution in [2.24, 2.45) is 0 Å². The Bertz CT molecular complexity index is 1210. The number of aromatic nitrogens is 3. The number of halogens is 1.